The molecule has 25 heavy (non-hydrogen) atoms. The van der Waals surface area contributed by atoms with Gasteiger partial charge in [0, 0.05) is 51.2 Å². The van der Waals surface area contributed by atoms with Crippen molar-refractivity contribution in [1.82, 2.24) is 14.5 Å². The molecular weight excluding hydrogens is 335 g/mol. The van der Waals surface area contributed by atoms with Gasteiger partial charge in [0.05, 0.1) is 11.4 Å². The number of carbonyl (C=O) groups excluding carboxylic acids is 1. The summed E-state index contributed by atoms with van der Waals surface area (Å²) in [5, 5.41) is 0. The van der Waals surface area contributed by atoms with Crippen molar-refractivity contribution in [1.29, 1.82) is 0 Å². The summed E-state index contributed by atoms with van der Waals surface area (Å²) in [4.78, 5) is 18.6. The lowest BCUT2D eigenvalue weighted by molar-refractivity contribution is -0.145. The number of benzene rings is 1. The van der Waals surface area contributed by atoms with Crippen LogP contribution in [0.4, 0.5) is 24.5 Å². The predicted octanol–water partition coefficient (Wildman–Crippen LogP) is 2.14. The van der Waals surface area contributed by atoms with Gasteiger partial charge in [-0.2, -0.15) is 13.2 Å². The number of imidazole rings is 1. The van der Waals surface area contributed by atoms with Crippen molar-refractivity contribution in [3.63, 3.8) is 0 Å². The first-order chi connectivity index (χ1) is 11.8. The number of nitrogen functional groups attached to an aromatic ring is 1. The summed E-state index contributed by atoms with van der Waals surface area (Å²) in [6.45, 7) is 3.90. The standard InChI is InChI=1S/C16H18F3N5O/c1-11(25)22-6-8-23(9-7-22)12-2-3-13(20)14(10-12)24-5-4-21-15(24)16(17,18)19/h2-5,10H,6-9,20H2,1H3. The molecule has 1 amide bonds. The van der Waals surface area contributed by atoms with Crippen LogP contribution in [0.15, 0.2) is 30.6 Å². The number of hydrogen-bond donors (Lipinski definition) is 1. The third kappa shape index (κ3) is 3.40. The van der Waals surface area contributed by atoms with Crippen molar-refractivity contribution < 1.29 is 18.0 Å². The summed E-state index contributed by atoms with van der Waals surface area (Å²) in [6.07, 6.45) is -2.23. The van der Waals surface area contributed by atoms with Gasteiger partial charge in [-0.05, 0) is 18.2 Å². The van der Waals surface area contributed by atoms with Crippen LogP contribution in [0.1, 0.15) is 12.7 Å². The van der Waals surface area contributed by atoms with E-state index in [9.17, 15) is 18.0 Å². The molecule has 6 nitrogen and oxygen atoms in total. The zero-order valence-electron chi connectivity index (χ0n) is 13.6. The highest BCUT2D eigenvalue weighted by Crippen LogP contribution is 2.32. The van der Waals surface area contributed by atoms with Crippen molar-refractivity contribution in [2.75, 3.05) is 36.8 Å². The summed E-state index contributed by atoms with van der Waals surface area (Å²) >= 11 is 0. The Labute approximate surface area is 142 Å². The second-order valence-electron chi connectivity index (χ2n) is 5.85. The van der Waals surface area contributed by atoms with Gasteiger partial charge in [-0.15, -0.1) is 0 Å². The number of halogens is 3. The number of hydrogen-bond acceptors (Lipinski definition) is 4. The van der Waals surface area contributed by atoms with Crippen molar-refractivity contribution in [2.24, 2.45) is 0 Å². The Bertz CT molecular complexity index is 778. The molecule has 1 aliphatic rings. The molecule has 0 aliphatic carbocycles. The summed E-state index contributed by atoms with van der Waals surface area (Å²) in [5.74, 6) is -0.997. The van der Waals surface area contributed by atoms with Crippen molar-refractivity contribution in [2.45, 2.75) is 13.1 Å². The molecule has 2 heterocycles. The number of piperazine rings is 1. The van der Waals surface area contributed by atoms with Crippen molar-refractivity contribution in [3.05, 3.63) is 36.4 Å². The number of nitrogens with zero attached hydrogens (tertiary/aromatic N) is 4. The molecular formula is C16H18F3N5O. The lowest BCUT2D eigenvalue weighted by atomic mass is 10.2. The summed E-state index contributed by atoms with van der Waals surface area (Å²) in [6, 6.07) is 4.98. The summed E-state index contributed by atoms with van der Waals surface area (Å²) in [7, 11) is 0. The van der Waals surface area contributed by atoms with Crippen molar-refractivity contribution in [3.8, 4) is 5.69 Å². The number of carbonyl (C=O) groups is 1. The van der Waals surface area contributed by atoms with E-state index in [1.54, 1.807) is 23.1 Å². The largest absolute Gasteiger partial charge is 0.450 e. The smallest absolute Gasteiger partial charge is 0.397 e. The van der Waals surface area contributed by atoms with E-state index in [-0.39, 0.29) is 17.3 Å². The van der Waals surface area contributed by atoms with Crippen LogP contribution < -0.4 is 10.6 Å². The van der Waals surface area contributed by atoms with E-state index >= 15 is 0 Å². The number of rotatable bonds is 2. The predicted molar refractivity (Wildman–Crippen MR) is 87.4 cm³/mol. The van der Waals surface area contributed by atoms with Gasteiger partial charge in [0.15, 0.2) is 0 Å². The monoisotopic (exact) mass is 353 g/mol. The minimum absolute atomic E-state index is 0.0193. The first-order valence-corrected chi connectivity index (χ1v) is 7.78. The van der Waals surface area contributed by atoms with E-state index in [0.29, 0.717) is 26.2 Å². The molecule has 1 aromatic heterocycles. The molecule has 0 bridgehead atoms. The second-order valence-corrected chi connectivity index (χ2v) is 5.85. The van der Waals surface area contributed by atoms with Crippen LogP contribution in [0.2, 0.25) is 0 Å². The van der Waals surface area contributed by atoms with Gasteiger partial charge in [0.2, 0.25) is 11.7 Å². The van der Waals surface area contributed by atoms with E-state index in [4.69, 9.17) is 5.73 Å². The van der Waals surface area contributed by atoms with Gasteiger partial charge < -0.3 is 15.5 Å². The van der Waals surface area contributed by atoms with Crippen LogP contribution >= 0.6 is 0 Å². The van der Waals surface area contributed by atoms with Crippen LogP contribution in [0.5, 0.6) is 0 Å². The summed E-state index contributed by atoms with van der Waals surface area (Å²) < 4.78 is 40.3. The highest BCUT2D eigenvalue weighted by Gasteiger charge is 2.36. The number of amides is 1. The molecule has 3 rings (SSSR count). The van der Waals surface area contributed by atoms with Crippen LogP contribution in [0, 0.1) is 0 Å². The minimum Gasteiger partial charge on any atom is -0.397 e. The molecule has 9 heteroatoms. The molecule has 134 valence electrons. The number of alkyl halides is 3. The molecule has 0 radical (unpaired) electrons. The molecule has 0 atom stereocenters. The Morgan fingerprint density at radius 3 is 2.48 bits per heavy atom. The number of nitrogens with two attached hydrogens (primary N) is 1. The lowest BCUT2D eigenvalue weighted by Gasteiger charge is -2.36. The zero-order valence-corrected chi connectivity index (χ0v) is 13.6. The zero-order chi connectivity index (χ0) is 18.2. The third-order valence-electron chi connectivity index (χ3n) is 4.26. The average molecular weight is 353 g/mol. The molecule has 2 aromatic rings. The van der Waals surface area contributed by atoms with Crippen LogP contribution in [-0.2, 0) is 11.0 Å². The van der Waals surface area contributed by atoms with E-state index in [1.165, 1.54) is 13.1 Å². The normalized spacial score (nSPS) is 15.5. The van der Waals surface area contributed by atoms with Crippen molar-refractivity contribution >= 4 is 17.3 Å². The Hall–Kier alpha value is -2.71. The Balaban J connectivity index is 1.90. The third-order valence-corrected chi connectivity index (χ3v) is 4.26. The quantitative estimate of drug-likeness (QED) is 0.840. The van der Waals surface area contributed by atoms with Gasteiger partial charge in [-0.25, -0.2) is 4.98 Å². The van der Waals surface area contributed by atoms with Gasteiger partial charge in [-0.1, -0.05) is 0 Å². The van der Waals surface area contributed by atoms with Gasteiger partial charge in [0.1, 0.15) is 0 Å². The first kappa shape index (κ1) is 17.1. The fraction of sp³-hybridized carbons (Fsp3) is 0.375. The highest BCUT2D eigenvalue weighted by atomic mass is 19.4. The molecule has 1 aromatic carbocycles. The number of aromatic nitrogens is 2. The van der Waals surface area contributed by atoms with Gasteiger partial charge >= 0.3 is 6.18 Å². The maximum atomic E-state index is 13.1. The number of anilines is 2. The molecule has 0 unspecified atom stereocenters. The molecule has 2 N–H and O–H groups in total. The lowest BCUT2D eigenvalue weighted by Crippen LogP contribution is -2.48. The fourth-order valence-corrected chi connectivity index (χ4v) is 2.92. The Morgan fingerprint density at radius 1 is 1.20 bits per heavy atom. The molecule has 1 fully saturated rings. The minimum atomic E-state index is -4.57. The Morgan fingerprint density at radius 2 is 1.88 bits per heavy atom. The van der Waals surface area contributed by atoms with E-state index in [0.717, 1.165) is 16.5 Å². The van der Waals surface area contributed by atoms with Gasteiger partial charge in [-0.3, -0.25) is 9.36 Å². The van der Waals surface area contributed by atoms with E-state index in [1.807, 2.05) is 4.90 Å². The van der Waals surface area contributed by atoms with Crippen LogP contribution in [0.3, 0.4) is 0 Å². The molecule has 1 aliphatic heterocycles. The maximum absolute atomic E-state index is 13.1. The molecule has 0 spiro atoms. The average Bonchev–Trinajstić information content (AvgIpc) is 3.05. The van der Waals surface area contributed by atoms with Crippen LogP contribution in [-0.4, -0.2) is 46.5 Å². The first-order valence-electron chi connectivity index (χ1n) is 7.78. The van der Waals surface area contributed by atoms with Crippen LogP contribution in [0.25, 0.3) is 5.69 Å². The van der Waals surface area contributed by atoms with E-state index < -0.39 is 12.0 Å². The Kier molecular flexibility index (Phi) is 4.32. The highest BCUT2D eigenvalue weighted by molar-refractivity contribution is 5.73. The van der Waals surface area contributed by atoms with Gasteiger partial charge in [0.25, 0.3) is 0 Å². The fourth-order valence-electron chi connectivity index (χ4n) is 2.92. The summed E-state index contributed by atoms with van der Waals surface area (Å²) in [5.41, 5.74) is 7.12. The second kappa shape index (κ2) is 6.30. The molecule has 0 saturated carbocycles. The SMILES string of the molecule is CC(=O)N1CCN(c2ccc(N)c(-n3ccnc3C(F)(F)F)c2)CC1. The molecule has 1 saturated heterocycles. The maximum Gasteiger partial charge on any atom is 0.450 e. The topological polar surface area (TPSA) is 67.4 Å². The van der Waals surface area contributed by atoms with E-state index in [2.05, 4.69) is 4.98 Å².